The molecule has 0 fully saturated rings. The Morgan fingerprint density at radius 2 is 1.94 bits per heavy atom. The van der Waals surface area contributed by atoms with Crippen molar-refractivity contribution in [1.29, 1.82) is 0 Å². The van der Waals surface area contributed by atoms with E-state index in [-0.39, 0.29) is 11.7 Å². The highest BCUT2D eigenvalue weighted by atomic mass is 32.2. The molecule has 0 radical (unpaired) electrons. The molecule has 5 nitrogen and oxygen atoms in total. The zero-order chi connectivity index (χ0) is 14.1. The van der Waals surface area contributed by atoms with Crippen molar-refractivity contribution in [3.8, 4) is 5.75 Å². The fourth-order valence-corrected chi connectivity index (χ4v) is 1.89. The minimum absolute atomic E-state index is 0.129. The number of hydrogen-bond donors (Lipinski definition) is 2. The van der Waals surface area contributed by atoms with E-state index in [2.05, 4.69) is 0 Å². The van der Waals surface area contributed by atoms with Crippen LogP contribution in [0.5, 0.6) is 5.75 Å². The maximum atomic E-state index is 13.5. The lowest BCUT2D eigenvalue weighted by molar-refractivity contribution is 0.0977. The molecule has 0 aliphatic heterocycles. The van der Waals surface area contributed by atoms with Crippen LogP contribution in [0.4, 0.5) is 4.39 Å². The molecule has 18 heavy (non-hydrogen) atoms. The molecule has 0 spiro atoms. The molecule has 0 atom stereocenters. The number of halogens is 1. The van der Waals surface area contributed by atoms with E-state index in [1.807, 2.05) is 0 Å². The summed E-state index contributed by atoms with van der Waals surface area (Å²) in [7, 11) is -3.76. The molecule has 0 aliphatic rings. The van der Waals surface area contributed by atoms with Crippen molar-refractivity contribution in [3.05, 3.63) is 29.1 Å². The molecule has 1 rings (SSSR count). The highest BCUT2D eigenvalue weighted by Gasteiger charge is 2.19. The molecule has 100 valence electrons. The molecule has 0 saturated carbocycles. The van der Waals surface area contributed by atoms with Crippen LogP contribution in [0, 0.1) is 5.82 Å². The third kappa shape index (κ3) is 3.43. The summed E-state index contributed by atoms with van der Waals surface area (Å²) in [5.74, 6) is -2.43. The summed E-state index contributed by atoms with van der Waals surface area (Å²) < 4.78 is 37.0. The average Bonchev–Trinajstić information content (AvgIpc) is 2.13. The Kier molecular flexibility index (Phi) is 3.95. The van der Waals surface area contributed by atoms with E-state index in [9.17, 15) is 22.7 Å². The summed E-state index contributed by atoms with van der Waals surface area (Å²) >= 11 is 0. The number of rotatable bonds is 3. The van der Waals surface area contributed by atoms with Gasteiger partial charge in [-0.05, 0) is 17.5 Å². The number of aromatic hydroxyl groups is 1. The molecule has 7 heteroatoms. The summed E-state index contributed by atoms with van der Waals surface area (Å²) in [6.07, 6.45) is 0.798. The van der Waals surface area contributed by atoms with E-state index in [1.165, 1.54) is 0 Å². The highest BCUT2D eigenvalue weighted by molar-refractivity contribution is 7.89. The molecule has 1 aromatic carbocycles. The van der Waals surface area contributed by atoms with E-state index >= 15 is 0 Å². The van der Waals surface area contributed by atoms with Crippen LogP contribution in [0.3, 0.4) is 0 Å². The molecule has 0 bridgehead atoms. The van der Waals surface area contributed by atoms with Gasteiger partial charge >= 0.3 is 0 Å². The van der Waals surface area contributed by atoms with Crippen LogP contribution < -0.4 is 4.72 Å². The first-order valence-corrected chi connectivity index (χ1v) is 7.05. The fourth-order valence-electron chi connectivity index (χ4n) is 1.44. The number of nitrogens with one attached hydrogen (secondary N) is 1. The zero-order valence-corrected chi connectivity index (χ0v) is 11.0. The summed E-state index contributed by atoms with van der Waals surface area (Å²) in [4.78, 5) is 11.6. The Balaban J connectivity index is 3.25. The number of benzene rings is 1. The molecule has 1 amide bonds. The van der Waals surface area contributed by atoms with Gasteiger partial charge in [0.2, 0.25) is 10.0 Å². The molecule has 2 N–H and O–H groups in total. The number of hydrogen-bond acceptors (Lipinski definition) is 4. The van der Waals surface area contributed by atoms with Gasteiger partial charge < -0.3 is 5.11 Å². The Labute approximate surface area is 105 Å². The summed E-state index contributed by atoms with van der Waals surface area (Å²) in [5, 5.41) is 9.51. The molecule has 0 heterocycles. The van der Waals surface area contributed by atoms with E-state index in [0.29, 0.717) is 5.56 Å². The van der Waals surface area contributed by atoms with Gasteiger partial charge in [0.05, 0.1) is 11.8 Å². The minimum atomic E-state index is -3.76. The van der Waals surface area contributed by atoms with Crippen LogP contribution in [0.25, 0.3) is 0 Å². The molecule has 1 aromatic rings. The second kappa shape index (κ2) is 4.93. The lowest BCUT2D eigenvalue weighted by atomic mass is 9.99. The standard InChI is InChI=1S/C11H14FNO4S/c1-6(2)7-4-8(9(12)5-10(7)14)11(15)13-18(3,16)17/h4-6,14H,1-3H3,(H,13,15). The normalized spacial score (nSPS) is 11.6. The van der Waals surface area contributed by atoms with Crippen molar-refractivity contribution in [3.63, 3.8) is 0 Å². The lowest BCUT2D eigenvalue weighted by Gasteiger charge is -2.11. The second-order valence-electron chi connectivity index (χ2n) is 4.25. The number of amides is 1. The molecule has 0 unspecified atom stereocenters. The predicted molar refractivity (Wildman–Crippen MR) is 64.5 cm³/mol. The summed E-state index contributed by atoms with van der Waals surface area (Å²) in [5.41, 5.74) is -0.0445. The second-order valence-corrected chi connectivity index (χ2v) is 6.00. The number of phenols is 1. The number of phenolic OH excluding ortho intramolecular Hbond substituents is 1. The Bertz CT molecular complexity index is 581. The van der Waals surface area contributed by atoms with Gasteiger partial charge in [-0.25, -0.2) is 17.5 Å². The van der Waals surface area contributed by atoms with Gasteiger partial charge in [-0.15, -0.1) is 0 Å². The van der Waals surface area contributed by atoms with E-state index < -0.39 is 27.3 Å². The van der Waals surface area contributed by atoms with E-state index in [4.69, 9.17) is 0 Å². The quantitative estimate of drug-likeness (QED) is 0.872. The van der Waals surface area contributed by atoms with Crippen LogP contribution >= 0.6 is 0 Å². The van der Waals surface area contributed by atoms with Crippen molar-refractivity contribution in [1.82, 2.24) is 4.72 Å². The molecule has 0 aromatic heterocycles. The zero-order valence-electron chi connectivity index (χ0n) is 10.2. The van der Waals surface area contributed by atoms with Gasteiger partial charge in [0.1, 0.15) is 11.6 Å². The van der Waals surface area contributed by atoms with Crippen molar-refractivity contribution >= 4 is 15.9 Å². The minimum Gasteiger partial charge on any atom is -0.508 e. The van der Waals surface area contributed by atoms with Gasteiger partial charge in [-0.1, -0.05) is 13.8 Å². The first kappa shape index (κ1) is 14.4. The van der Waals surface area contributed by atoms with Crippen molar-refractivity contribution in [2.24, 2.45) is 0 Å². The maximum Gasteiger partial charge on any atom is 0.267 e. The van der Waals surface area contributed by atoms with Crippen LogP contribution in [-0.2, 0) is 10.0 Å². The molecule has 0 aliphatic carbocycles. The largest absolute Gasteiger partial charge is 0.508 e. The molecule has 0 saturated heterocycles. The Morgan fingerprint density at radius 3 is 2.39 bits per heavy atom. The first-order valence-electron chi connectivity index (χ1n) is 5.16. The van der Waals surface area contributed by atoms with E-state index in [1.54, 1.807) is 18.6 Å². The molecular weight excluding hydrogens is 261 g/mol. The third-order valence-electron chi connectivity index (χ3n) is 2.26. The smallest absolute Gasteiger partial charge is 0.267 e. The molecular formula is C11H14FNO4S. The average molecular weight is 275 g/mol. The number of carbonyl (C=O) groups excluding carboxylic acids is 1. The highest BCUT2D eigenvalue weighted by Crippen LogP contribution is 2.28. The van der Waals surface area contributed by atoms with Crippen molar-refractivity contribution in [2.45, 2.75) is 19.8 Å². The van der Waals surface area contributed by atoms with Gasteiger partial charge in [0.15, 0.2) is 0 Å². The van der Waals surface area contributed by atoms with Gasteiger partial charge in [0.25, 0.3) is 5.91 Å². The van der Waals surface area contributed by atoms with Crippen molar-refractivity contribution < 1.29 is 22.7 Å². The van der Waals surface area contributed by atoms with Gasteiger partial charge in [0, 0.05) is 6.07 Å². The topological polar surface area (TPSA) is 83.5 Å². The van der Waals surface area contributed by atoms with Crippen LogP contribution in [0.15, 0.2) is 12.1 Å². The first-order chi connectivity index (χ1) is 8.11. The van der Waals surface area contributed by atoms with Crippen molar-refractivity contribution in [2.75, 3.05) is 6.26 Å². The maximum absolute atomic E-state index is 13.5. The monoisotopic (exact) mass is 275 g/mol. The predicted octanol–water partition coefficient (Wildman–Crippen LogP) is 1.34. The van der Waals surface area contributed by atoms with Crippen LogP contribution in [0.1, 0.15) is 35.7 Å². The SMILES string of the molecule is CC(C)c1cc(C(=O)NS(C)(=O)=O)c(F)cc1O. The van der Waals surface area contributed by atoms with Crippen LogP contribution in [-0.4, -0.2) is 25.7 Å². The van der Waals surface area contributed by atoms with Gasteiger partial charge in [-0.3, -0.25) is 4.79 Å². The summed E-state index contributed by atoms with van der Waals surface area (Å²) in [6, 6.07) is 1.95. The van der Waals surface area contributed by atoms with Crippen LogP contribution in [0.2, 0.25) is 0 Å². The Morgan fingerprint density at radius 1 is 1.39 bits per heavy atom. The number of carbonyl (C=O) groups is 1. The lowest BCUT2D eigenvalue weighted by Crippen LogP contribution is -2.30. The fraction of sp³-hybridized carbons (Fsp3) is 0.364. The van der Waals surface area contributed by atoms with Gasteiger partial charge in [-0.2, -0.15) is 0 Å². The third-order valence-corrected chi connectivity index (χ3v) is 2.82. The number of sulfonamides is 1. The summed E-state index contributed by atoms with van der Waals surface area (Å²) in [6.45, 7) is 3.51. The van der Waals surface area contributed by atoms with E-state index in [0.717, 1.165) is 18.4 Å². The Hall–Kier alpha value is -1.63.